The van der Waals surface area contributed by atoms with E-state index < -0.39 is 0 Å². The Hall–Kier alpha value is -2.96. The molecule has 112 valence electrons. The molecule has 6 nitrogen and oxygen atoms in total. The first kappa shape index (κ1) is 14.0. The third-order valence-corrected chi connectivity index (χ3v) is 3.10. The van der Waals surface area contributed by atoms with E-state index in [4.69, 9.17) is 0 Å². The molecule has 0 atom stereocenters. The number of nitrogens with zero attached hydrogens (tertiary/aromatic N) is 4. The number of hydrogen-bond donors (Lipinski definition) is 2. The lowest BCUT2D eigenvalue weighted by molar-refractivity contribution is 0.628. The Balaban J connectivity index is 2.02. The molecule has 0 bridgehead atoms. The molecule has 7 heteroatoms. The van der Waals surface area contributed by atoms with Crippen LogP contribution in [0.3, 0.4) is 0 Å². The summed E-state index contributed by atoms with van der Waals surface area (Å²) in [4.78, 5) is 8.86. The number of anilines is 3. The Morgan fingerprint density at radius 3 is 2.77 bits per heavy atom. The fourth-order valence-corrected chi connectivity index (χ4v) is 2.03. The maximum Gasteiger partial charge on any atom is 0.226 e. The van der Waals surface area contributed by atoms with Crippen LogP contribution in [-0.2, 0) is 7.05 Å². The molecule has 0 aliphatic carbocycles. The fourth-order valence-electron chi connectivity index (χ4n) is 2.03. The van der Waals surface area contributed by atoms with Gasteiger partial charge in [0.25, 0.3) is 0 Å². The summed E-state index contributed by atoms with van der Waals surface area (Å²) in [6.07, 6.45) is 3.42. The van der Waals surface area contributed by atoms with Gasteiger partial charge in [-0.15, -0.1) is 6.58 Å². The number of fused-ring (bicyclic) bond motifs is 1. The van der Waals surface area contributed by atoms with Crippen molar-refractivity contribution in [1.29, 1.82) is 0 Å². The molecule has 0 spiro atoms. The largest absolute Gasteiger partial charge is 0.351 e. The summed E-state index contributed by atoms with van der Waals surface area (Å²) < 4.78 is 14.7. The molecule has 3 rings (SSSR count). The number of aryl methyl sites for hydroxylation is 1. The van der Waals surface area contributed by atoms with Gasteiger partial charge in [0.15, 0.2) is 5.65 Å². The van der Waals surface area contributed by atoms with E-state index in [1.54, 1.807) is 29.1 Å². The molecule has 0 aliphatic heterocycles. The lowest BCUT2D eigenvalue weighted by Gasteiger charge is -2.09. The van der Waals surface area contributed by atoms with Crippen LogP contribution in [0.4, 0.5) is 21.8 Å². The summed E-state index contributed by atoms with van der Waals surface area (Å²) in [7, 11) is 1.81. The fraction of sp³-hybridized carbons (Fsp3) is 0.133. The van der Waals surface area contributed by atoms with Gasteiger partial charge in [-0.2, -0.15) is 15.1 Å². The molecule has 2 aromatic heterocycles. The summed E-state index contributed by atoms with van der Waals surface area (Å²) in [6, 6.07) is 6.08. The molecule has 0 radical (unpaired) electrons. The van der Waals surface area contributed by atoms with Crippen molar-refractivity contribution in [3.8, 4) is 0 Å². The molecule has 0 amide bonds. The second kappa shape index (κ2) is 5.80. The maximum absolute atomic E-state index is 13.0. The van der Waals surface area contributed by atoms with Crippen LogP contribution in [0.5, 0.6) is 0 Å². The van der Waals surface area contributed by atoms with E-state index in [9.17, 15) is 4.39 Å². The van der Waals surface area contributed by atoms with Crippen molar-refractivity contribution in [3.05, 3.63) is 48.9 Å². The van der Waals surface area contributed by atoms with E-state index in [0.29, 0.717) is 24.0 Å². The molecular weight excluding hydrogens is 283 g/mol. The Kier molecular flexibility index (Phi) is 3.69. The predicted octanol–water partition coefficient (Wildman–Crippen LogP) is 2.84. The molecule has 2 heterocycles. The van der Waals surface area contributed by atoms with Crippen molar-refractivity contribution in [1.82, 2.24) is 19.7 Å². The third kappa shape index (κ3) is 2.73. The van der Waals surface area contributed by atoms with Crippen molar-refractivity contribution in [2.24, 2.45) is 7.05 Å². The highest BCUT2D eigenvalue weighted by Gasteiger charge is 2.11. The predicted molar refractivity (Wildman–Crippen MR) is 84.7 cm³/mol. The molecule has 2 N–H and O–H groups in total. The van der Waals surface area contributed by atoms with Crippen LogP contribution in [0.15, 0.2) is 43.1 Å². The second-order valence-electron chi connectivity index (χ2n) is 4.70. The number of rotatable bonds is 5. The number of aromatic nitrogens is 4. The van der Waals surface area contributed by atoms with Crippen molar-refractivity contribution in [2.45, 2.75) is 0 Å². The van der Waals surface area contributed by atoms with E-state index >= 15 is 0 Å². The van der Waals surface area contributed by atoms with Gasteiger partial charge >= 0.3 is 0 Å². The minimum Gasteiger partial charge on any atom is -0.351 e. The Morgan fingerprint density at radius 2 is 2.05 bits per heavy atom. The first-order valence-corrected chi connectivity index (χ1v) is 6.74. The van der Waals surface area contributed by atoms with Gasteiger partial charge in [-0.05, 0) is 24.3 Å². The minimum absolute atomic E-state index is 0.284. The minimum atomic E-state index is -0.284. The zero-order valence-corrected chi connectivity index (χ0v) is 12.0. The number of halogens is 1. The molecule has 0 aliphatic rings. The highest BCUT2D eigenvalue weighted by molar-refractivity contribution is 5.89. The van der Waals surface area contributed by atoms with Gasteiger partial charge in [0.05, 0.1) is 11.6 Å². The highest BCUT2D eigenvalue weighted by atomic mass is 19.1. The van der Waals surface area contributed by atoms with Crippen molar-refractivity contribution < 1.29 is 4.39 Å². The third-order valence-electron chi connectivity index (χ3n) is 3.10. The van der Waals surface area contributed by atoms with Gasteiger partial charge in [0.1, 0.15) is 11.6 Å². The summed E-state index contributed by atoms with van der Waals surface area (Å²) in [6.45, 7) is 4.21. The smallest absolute Gasteiger partial charge is 0.226 e. The number of benzene rings is 1. The van der Waals surface area contributed by atoms with E-state index in [2.05, 4.69) is 32.3 Å². The SMILES string of the molecule is C=CCNc1nc(Nc2ccc(F)cc2)c2cnn(C)c2n1. The lowest BCUT2D eigenvalue weighted by Crippen LogP contribution is -2.06. The highest BCUT2D eigenvalue weighted by Crippen LogP contribution is 2.24. The average Bonchev–Trinajstić information content (AvgIpc) is 2.89. The Bertz CT molecular complexity index is 809. The molecule has 0 saturated heterocycles. The van der Waals surface area contributed by atoms with Gasteiger partial charge in [-0.25, -0.2) is 4.39 Å². The zero-order chi connectivity index (χ0) is 15.5. The summed E-state index contributed by atoms with van der Waals surface area (Å²) in [5.74, 6) is 0.796. The van der Waals surface area contributed by atoms with E-state index in [1.165, 1.54) is 12.1 Å². The van der Waals surface area contributed by atoms with Crippen LogP contribution >= 0.6 is 0 Å². The lowest BCUT2D eigenvalue weighted by atomic mass is 10.3. The normalized spacial score (nSPS) is 10.6. The van der Waals surface area contributed by atoms with E-state index in [-0.39, 0.29) is 5.82 Å². The molecular formula is C15H15FN6. The monoisotopic (exact) mass is 298 g/mol. The zero-order valence-electron chi connectivity index (χ0n) is 12.0. The van der Waals surface area contributed by atoms with Gasteiger partial charge in [0.2, 0.25) is 5.95 Å². The quantitative estimate of drug-likeness (QED) is 0.709. The van der Waals surface area contributed by atoms with Gasteiger partial charge in [-0.1, -0.05) is 6.08 Å². The Labute approximate surface area is 126 Å². The summed E-state index contributed by atoms with van der Waals surface area (Å²) in [5, 5.41) is 11.2. The average molecular weight is 298 g/mol. The van der Waals surface area contributed by atoms with Crippen LogP contribution in [0.25, 0.3) is 11.0 Å². The number of nitrogens with one attached hydrogen (secondary N) is 2. The van der Waals surface area contributed by atoms with Gasteiger partial charge < -0.3 is 10.6 Å². The van der Waals surface area contributed by atoms with Crippen molar-refractivity contribution in [3.63, 3.8) is 0 Å². The van der Waals surface area contributed by atoms with Crippen LogP contribution in [-0.4, -0.2) is 26.3 Å². The first-order chi connectivity index (χ1) is 10.7. The Morgan fingerprint density at radius 1 is 1.27 bits per heavy atom. The topological polar surface area (TPSA) is 67.7 Å². The van der Waals surface area contributed by atoms with Crippen LogP contribution < -0.4 is 10.6 Å². The standard InChI is InChI=1S/C15H15FN6/c1-3-8-17-15-20-13(12-9-18-22(2)14(12)21-15)19-11-6-4-10(16)5-7-11/h3-7,9H,1,8H2,2H3,(H2,17,19,20,21). The molecule has 0 unspecified atom stereocenters. The van der Waals surface area contributed by atoms with Crippen molar-refractivity contribution >= 4 is 28.5 Å². The molecule has 22 heavy (non-hydrogen) atoms. The van der Waals surface area contributed by atoms with Crippen molar-refractivity contribution in [2.75, 3.05) is 17.2 Å². The summed E-state index contributed by atoms with van der Waals surface area (Å²) >= 11 is 0. The van der Waals surface area contributed by atoms with Gasteiger partial charge in [-0.3, -0.25) is 4.68 Å². The van der Waals surface area contributed by atoms with Crippen LogP contribution in [0, 0.1) is 5.82 Å². The summed E-state index contributed by atoms with van der Waals surface area (Å²) in [5.41, 5.74) is 1.44. The number of hydrogen-bond acceptors (Lipinski definition) is 5. The molecule has 0 saturated carbocycles. The molecule has 3 aromatic rings. The first-order valence-electron chi connectivity index (χ1n) is 6.74. The maximum atomic E-state index is 13.0. The molecule has 1 aromatic carbocycles. The van der Waals surface area contributed by atoms with Gasteiger partial charge in [0, 0.05) is 19.3 Å². The van der Waals surface area contributed by atoms with Crippen LogP contribution in [0.1, 0.15) is 0 Å². The second-order valence-corrected chi connectivity index (χ2v) is 4.70. The molecule has 0 fully saturated rings. The van der Waals surface area contributed by atoms with E-state index in [0.717, 1.165) is 11.1 Å². The van der Waals surface area contributed by atoms with E-state index in [1.807, 2.05) is 7.05 Å². The van der Waals surface area contributed by atoms with Crippen LogP contribution in [0.2, 0.25) is 0 Å².